The molecule has 0 bridgehead atoms. The lowest BCUT2D eigenvalue weighted by Gasteiger charge is -2.33. The number of hydrogen-bond acceptors (Lipinski definition) is 7. The second-order valence-corrected chi connectivity index (χ2v) is 6.90. The van der Waals surface area contributed by atoms with Crippen molar-refractivity contribution in [2.24, 2.45) is 0 Å². The van der Waals surface area contributed by atoms with Crippen molar-refractivity contribution in [2.45, 2.75) is 37.5 Å². The molecule has 2 aromatic rings. The second kappa shape index (κ2) is 7.55. The van der Waals surface area contributed by atoms with E-state index in [1.54, 1.807) is 26.0 Å². The minimum atomic E-state index is -0.852. The molecule has 9 heteroatoms. The standard InChI is InChI=1S/C17H22N4O4S/c1-10-18-19-16-9-20(12(17(22)23)8-21(10)16)7-11-5-13(24-2)14(25-3)6-15(11)26-4/h5-6,12H,7-9H2,1-4H3,(H,22,23). The zero-order chi connectivity index (χ0) is 18.8. The summed E-state index contributed by atoms with van der Waals surface area (Å²) >= 11 is 1.59. The molecular formula is C17H22N4O4S. The maximum absolute atomic E-state index is 11.8. The van der Waals surface area contributed by atoms with Gasteiger partial charge in [0.2, 0.25) is 0 Å². The SMILES string of the molecule is COc1cc(CN2Cc3nnc(C)n3CC2C(=O)O)c(SC)cc1OC. The number of aliphatic carboxylic acids is 1. The van der Waals surface area contributed by atoms with Crippen LogP contribution in [0, 0.1) is 6.92 Å². The van der Waals surface area contributed by atoms with E-state index in [4.69, 9.17) is 9.47 Å². The first-order chi connectivity index (χ1) is 12.5. The Morgan fingerprint density at radius 3 is 2.62 bits per heavy atom. The highest BCUT2D eigenvalue weighted by molar-refractivity contribution is 7.98. The van der Waals surface area contributed by atoms with Gasteiger partial charge in [-0.3, -0.25) is 9.69 Å². The van der Waals surface area contributed by atoms with Crippen molar-refractivity contribution in [2.75, 3.05) is 20.5 Å². The maximum atomic E-state index is 11.8. The van der Waals surface area contributed by atoms with Crippen molar-refractivity contribution < 1.29 is 19.4 Å². The minimum Gasteiger partial charge on any atom is -0.493 e. The molecule has 0 spiro atoms. The zero-order valence-corrected chi connectivity index (χ0v) is 16.0. The molecule has 8 nitrogen and oxygen atoms in total. The van der Waals surface area contributed by atoms with Crippen molar-refractivity contribution in [3.63, 3.8) is 0 Å². The molecule has 1 aromatic heterocycles. The molecule has 1 aliphatic heterocycles. The van der Waals surface area contributed by atoms with Gasteiger partial charge < -0.3 is 19.1 Å². The third kappa shape index (κ3) is 3.36. The van der Waals surface area contributed by atoms with Gasteiger partial charge in [-0.25, -0.2) is 0 Å². The van der Waals surface area contributed by atoms with Gasteiger partial charge >= 0.3 is 5.97 Å². The summed E-state index contributed by atoms with van der Waals surface area (Å²) in [6.07, 6.45) is 1.98. The molecule has 0 radical (unpaired) electrons. The van der Waals surface area contributed by atoms with Gasteiger partial charge in [-0.05, 0) is 30.9 Å². The number of benzene rings is 1. The van der Waals surface area contributed by atoms with E-state index in [-0.39, 0.29) is 0 Å². The van der Waals surface area contributed by atoms with E-state index < -0.39 is 12.0 Å². The predicted molar refractivity (Wildman–Crippen MR) is 96.8 cm³/mol. The number of fused-ring (bicyclic) bond motifs is 1. The number of aryl methyl sites for hydroxylation is 1. The van der Waals surface area contributed by atoms with Crippen LogP contribution in [0.25, 0.3) is 0 Å². The van der Waals surface area contributed by atoms with E-state index in [1.807, 2.05) is 34.8 Å². The molecule has 1 unspecified atom stereocenters. The third-order valence-corrected chi connectivity index (χ3v) is 5.42. The fourth-order valence-corrected chi connectivity index (χ4v) is 3.81. The van der Waals surface area contributed by atoms with Crippen molar-refractivity contribution in [3.05, 3.63) is 29.3 Å². The van der Waals surface area contributed by atoms with E-state index in [0.717, 1.165) is 22.1 Å². The number of ether oxygens (including phenoxy) is 2. The van der Waals surface area contributed by atoms with Crippen LogP contribution in [0.2, 0.25) is 0 Å². The Labute approximate surface area is 156 Å². The van der Waals surface area contributed by atoms with Gasteiger partial charge in [-0.15, -0.1) is 22.0 Å². The van der Waals surface area contributed by atoms with E-state index in [0.29, 0.717) is 31.1 Å². The van der Waals surface area contributed by atoms with Crippen LogP contribution in [-0.2, 0) is 24.4 Å². The fraction of sp³-hybridized carbons (Fsp3) is 0.471. The number of carboxylic acid groups (broad SMARTS) is 1. The van der Waals surface area contributed by atoms with Gasteiger partial charge in [0, 0.05) is 11.4 Å². The smallest absolute Gasteiger partial charge is 0.322 e. The summed E-state index contributed by atoms with van der Waals surface area (Å²) in [6.45, 7) is 3.08. The van der Waals surface area contributed by atoms with Gasteiger partial charge in [0.15, 0.2) is 11.5 Å². The summed E-state index contributed by atoms with van der Waals surface area (Å²) in [4.78, 5) is 14.8. The Balaban J connectivity index is 1.95. The lowest BCUT2D eigenvalue weighted by Crippen LogP contribution is -2.47. The summed E-state index contributed by atoms with van der Waals surface area (Å²) in [7, 11) is 3.19. The number of aromatic nitrogens is 3. The molecule has 3 rings (SSSR count). The van der Waals surface area contributed by atoms with Gasteiger partial charge in [-0.2, -0.15) is 0 Å². The highest BCUT2D eigenvalue weighted by atomic mass is 32.2. The quantitative estimate of drug-likeness (QED) is 0.761. The summed E-state index contributed by atoms with van der Waals surface area (Å²) in [5.41, 5.74) is 0.992. The monoisotopic (exact) mass is 378 g/mol. The second-order valence-electron chi connectivity index (χ2n) is 6.05. The van der Waals surface area contributed by atoms with Crippen LogP contribution in [0.4, 0.5) is 0 Å². The van der Waals surface area contributed by atoms with Crippen LogP contribution < -0.4 is 9.47 Å². The molecule has 1 aromatic carbocycles. The largest absolute Gasteiger partial charge is 0.493 e. The molecule has 0 saturated carbocycles. The van der Waals surface area contributed by atoms with Crippen molar-refractivity contribution in [3.8, 4) is 11.5 Å². The summed E-state index contributed by atoms with van der Waals surface area (Å²) < 4.78 is 12.6. The van der Waals surface area contributed by atoms with Crippen LogP contribution in [0.15, 0.2) is 17.0 Å². The van der Waals surface area contributed by atoms with Crippen LogP contribution in [0.1, 0.15) is 17.2 Å². The van der Waals surface area contributed by atoms with Gasteiger partial charge in [0.25, 0.3) is 0 Å². The molecule has 1 aliphatic rings. The minimum absolute atomic E-state index is 0.339. The number of carboxylic acids is 1. The van der Waals surface area contributed by atoms with E-state index in [2.05, 4.69) is 10.2 Å². The maximum Gasteiger partial charge on any atom is 0.322 e. The average molecular weight is 378 g/mol. The molecule has 1 N–H and O–H groups in total. The van der Waals surface area contributed by atoms with E-state index in [1.165, 1.54) is 0 Å². The number of nitrogens with zero attached hydrogens (tertiary/aromatic N) is 4. The number of thioether (sulfide) groups is 1. The molecule has 0 saturated heterocycles. The first kappa shape index (κ1) is 18.5. The summed E-state index contributed by atoms with van der Waals surface area (Å²) in [5, 5.41) is 17.9. The van der Waals surface area contributed by atoms with E-state index >= 15 is 0 Å². The van der Waals surface area contributed by atoms with E-state index in [9.17, 15) is 9.90 Å². The van der Waals surface area contributed by atoms with Crippen LogP contribution >= 0.6 is 11.8 Å². The normalized spacial score (nSPS) is 17.0. The highest BCUT2D eigenvalue weighted by Crippen LogP contribution is 2.36. The lowest BCUT2D eigenvalue weighted by molar-refractivity contribution is -0.145. The predicted octanol–water partition coefficient (Wildman–Crippen LogP) is 1.79. The molecule has 0 aliphatic carbocycles. The number of hydrogen-bond donors (Lipinski definition) is 1. The van der Waals surface area contributed by atoms with Crippen molar-refractivity contribution in [1.29, 1.82) is 0 Å². The molecule has 0 fully saturated rings. The highest BCUT2D eigenvalue weighted by Gasteiger charge is 2.33. The topological polar surface area (TPSA) is 89.7 Å². The number of rotatable bonds is 6. The zero-order valence-electron chi connectivity index (χ0n) is 15.2. The molecule has 2 heterocycles. The fourth-order valence-electron chi connectivity index (χ4n) is 3.19. The lowest BCUT2D eigenvalue weighted by atomic mass is 10.1. The Morgan fingerprint density at radius 2 is 2.00 bits per heavy atom. The summed E-state index contributed by atoms with van der Waals surface area (Å²) in [6, 6.07) is 3.19. The molecule has 1 atom stereocenters. The van der Waals surface area contributed by atoms with Gasteiger partial charge in [0.1, 0.15) is 17.7 Å². The first-order valence-electron chi connectivity index (χ1n) is 8.12. The summed E-state index contributed by atoms with van der Waals surface area (Å²) in [5.74, 6) is 1.95. The average Bonchev–Trinajstić information content (AvgIpc) is 3.00. The van der Waals surface area contributed by atoms with Crippen LogP contribution in [0.3, 0.4) is 0 Å². The molecule has 26 heavy (non-hydrogen) atoms. The Hall–Kier alpha value is -2.26. The third-order valence-electron chi connectivity index (χ3n) is 4.60. The van der Waals surface area contributed by atoms with Crippen LogP contribution in [0.5, 0.6) is 11.5 Å². The van der Waals surface area contributed by atoms with Gasteiger partial charge in [0.05, 0.1) is 27.3 Å². The molecule has 140 valence electrons. The molecule has 0 amide bonds. The van der Waals surface area contributed by atoms with Crippen molar-refractivity contribution in [1.82, 2.24) is 19.7 Å². The molecular weight excluding hydrogens is 356 g/mol. The Bertz CT molecular complexity index is 823. The Kier molecular flexibility index (Phi) is 5.38. The van der Waals surface area contributed by atoms with Crippen molar-refractivity contribution >= 4 is 17.7 Å². The number of methoxy groups -OCH3 is 2. The first-order valence-corrected chi connectivity index (χ1v) is 9.35. The number of carbonyl (C=O) groups is 1. The van der Waals surface area contributed by atoms with Crippen LogP contribution in [-0.4, -0.2) is 57.3 Å². The van der Waals surface area contributed by atoms with Gasteiger partial charge in [-0.1, -0.05) is 0 Å². The Morgan fingerprint density at radius 1 is 1.31 bits per heavy atom.